The standard InChI is InChI=1S/C15H23N3/c1-12-13(14-6-2-3-9-16-14)7-8-15(17-12)18-10-4-5-11-18/h7-8,14,16H,2-6,9-11H2,1H3/t14-/m0/s1. The molecule has 0 amide bonds. The summed E-state index contributed by atoms with van der Waals surface area (Å²) in [7, 11) is 0. The van der Waals surface area contributed by atoms with E-state index in [1.54, 1.807) is 0 Å². The number of nitrogens with one attached hydrogen (secondary N) is 1. The number of hydrogen-bond acceptors (Lipinski definition) is 3. The van der Waals surface area contributed by atoms with Crippen LogP contribution in [0.1, 0.15) is 49.4 Å². The number of piperidine rings is 1. The van der Waals surface area contributed by atoms with E-state index in [2.05, 4.69) is 29.3 Å². The summed E-state index contributed by atoms with van der Waals surface area (Å²) in [6.07, 6.45) is 6.53. The van der Waals surface area contributed by atoms with E-state index in [1.165, 1.54) is 62.3 Å². The maximum atomic E-state index is 4.82. The molecule has 2 aliphatic rings. The molecule has 18 heavy (non-hydrogen) atoms. The molecular weight excluding hydrogens is 222 g/mol. The van der Waals surface area contributed by atoms with Gasteiger partial charge < -0.3 is 10.2 Å². The van der Waals surface area contributed by atoms with Gasteiger partial charge in [-0.3, -0.25) is 0 Å². The third kappa shape index (κ3) is 2.37. The van der Waals surface area contributed by atoms with Gasteiger partial charge in [-0.25, -0.2) is 4.98 Å². The van der Waals surface area contributed by atoms with Crippen molar-refractivity contribution in [2.75, 3.05) is 24.5 Å². The first-order valence-corrected chi connectivity index (χ1v) is 7.30. The molecule has 3 heterocycles. The van der Waals surface area contributed by atoms with Crippen LogP contribution in [0.5, 0.6) is 0 Å². The summed E-state index contributed by atoms with van der Waals surface area (Å²) in [6, 6.07) is 5.03. The van der Waals surface area contributed by atoms with E-state index in [1.807, 2.05) is 0 Å². The molecule has 1 N–H and O–H groups in total. The maximum Gasteiger partial charge on any atom is 0.128 e. The predicted octanol–water partition coefficient (Wildman–Crippen LogP) is 2.80. The van der Waals surface area contributed by atoms with Gasteiger partial charge in [0.15, 0.2) is 0 Å². The van der Waals surface area contributed by atoms with Gasteiger partial charge in [-0.05, 0) is 50.8 Å². The van der Waals surface area contributed by atoms with E-state index < -0.39 is 0 Å². The fraction of sp³-hybridized carbons (Fsp3) is 0.667. The van der Waals surface area contributed by atoms with E-state index in [-0.39, 0.29) is 0 Å². The summed E-state index contributed by atoms with van der Waals surface area (Å²) < 4.78 is 0. The second kappa shape index (κ2) is 5.27. The van der Waals surface area contributed by atoms with Crippen LogP contribution in [0.2, 0.25) is 0 Å². The zero-order valence-corrected chi connectivity index (χ0v) is 11.3. The van der Waals surface area contributed by atoms with Crippen LogP contribution >= 0.6 is 0 Å². The van der Waals surface area contributed by atoms with Crippen LogP contribution in [-0.2, 0) is 0 Å². The van der Waals surface area contributed by atoms with Crippen molar-refractivity contribution in [3.05, 3.63) is 23.4 Å². The van der Waals surface area contributed by atoms with Crippen molar-refractivity contribution in [2.24, 2.45) is 0 Å². The minimum atomic E-state index is 0.527. The van der Waals surface area contributed by atoms with Gasteiger partial charge in [-0.15, -0.1) is 0 Å². The average molecular weight is 245 g/mol. The van der Waals surface area contributed by atoms with Gasteiger partial charge in [-0.1, -0.05) is 12.5 Å². The van der Waals surface area contributed by atoms with Crippen LogP contribution in [0.15, 0.2) is 12.1 Å². The first-order valence-electron chi connectivity index (χ1n) is 7.30. The number of pyridine rings is 1. The SMILES string of the molecule is Cc1nc(N2CCCC2)ccc1[C@@H]1CCCCN1. The molecule has 1 aromatic rings. The molecule has 1 atom stereocenters. The Morgan fingerprint density at radius 3 is 2.67 bits per heavy atom. The molecule has 0 spiro atoms. The minimum Gasteiger partial charge on any atom is -0.357 e. The molecule has 98 valence electrons. The molecule has 2 aliphatic heterocycles. The largest absolute Gasteiger partial charge is 0.357 e. The summed E-state index contributed by atoms with van der Waals surface area (Å²) in [5.41, 5.74) is 2.61. The number of nitrogens with zero attached hydrogens (tertiary/aromatic N) is 2. The van der Waals surface area contributed by atoms with Crippen LogP contribution in [0.3, 0.4) is 0 Å². The number of rotatable bonds is 2. The highest BCUT2D eigenvalue weighted by atomic mass is 15.2. The molecular formula is C15H23N3. The van der Waals surface area contributed by atoms with E-state index in [0.717, 1.165) is 6.54 Å². The first kappa shape index (κ1) is 12.0. The van der Waals surface area contributed by atoms with Crippen LogP contribution < -0.4 is 10.2 Å². The van der Waals surface area contributed by atoms with Gasteiger partial charge in [0.2, 0.25) is 0 Å². The fourth-order valence-corrected chi connectivity index (χ4v) is 3.17. The Morgan fingerprint density at radius 2 is 2.00 bits per heavy atom. The lowest BCUT2D eigenvalue weighted by Gasteiger charge is -2.26. The molecule has 3 heteroatoms. The molecule has 3 nitrogen and oxygen atoms in total. The van der Waals surface area contributed by atoms with Gasteiger partial charge in [0.05, 0.1) is 0 Å². The first-order chi connectivity index (χ1) is 8.84. The summed E-state index contributed by atoms with van der Waals surface area (Å²) in [6.45, 7) is 5.66. The molecule has 0 bridgehead atoms. The van der Waals surface area contributed by atoms with Gasteiger partial charge in [0.1, 0.15) is 5.82 Å². The Labute approximate surface area is 110 Å². The summed E-state index contributed by atoms with van der Waals surface area (Å²) in [5.74, 6) is 1.17. The van der Waals surface area contributed by atoms with E-state index in [4.69, 9.17) is 4.98 Å². The lowest BCUT2D eigenvalue weighted by Crippen LogP contribution is -2.28. The van der Waals surface area contributed by atoms with Crippen molar-refractivity contribution < 1.29 is 0 Å². The highest BCUT2D eigenvalue weighted by Crippen LogP contribution is 2.27. The van der Waals surface area contributed by atoms with Crippen molar-refractivity contribution in [3.8, 4) is 0 Å². The third-order valence-corrected chi connectivity index (χ3v) is 4.23. The van der Waals surface area contributed by atoms with Crippen molar-refractivity contribution in [3.63, 3.8) is 0 Å². The van der Waals surface area contributed by atoms with E-state index in [9.17, 15) is 0 Å². The fourth-order valence-electron chi connectivity index (χ4n) is 3.17. The molecule has 0 aliphatic carbocycles. The van der Waals surface area contributed by atoms with Crippen molar-refractivity contribution >= 4 is 5.82 Å². The molecule has 0 radical (unpaired) electrons. The molecule has 2 fully saturated rings. The molecule has 1 aromatic heterocycles. The highest BCUT2D eigenvalue weighted by molar-refractivity contribution is 5.43. The second-order valence-corrected chi connectivity index (χ2v) is 5.54. The average Bonchev–Trinajstić information content (AvgIpc) is 2.93. The van der Waals surface area contributed by atoms with E-state index >= 15 is 0 Å². The lowest BCUT2D eigenvalue weighted by molar-refractivity contribution is 0.410. The predicted molar refractivity (Wildman–Crippen MR) is 75.0 cm³/mol. The topological polar surface area (TPSA) is 28.2 Å². The van der Waals surface area contributed by atoms with Gasteiger partial charge in [0, 0.05) is 24.8 Å². The van der Waals surface area contributed by atoms with Crippen LogP contribution in [0, 0.1) is 6.92 Å². The summed E-state index contributed by atoms with van der Waals surface area (Å²) >= 11 is 0. The smallest absolute Gasteiger partial charge is 0.128 e. The summed E-state index contributed by atoms with van der Waals surface area (Å²) in [5, 5.41) is 3.61. The number of aryl methyl sites for hydroxylation is 1. The highest BCUT2D eigenvalue weighted by Gasteiger charge is 2.19. The molecule has 0 unspecified atom stereocenters. The zero-order valence-electron chi connectivity index (χ0n) is 11.3. The van der Waals surface area contributed by atoms with Gasteiger partial charge in [-0.2, -0.15) is 0 Å². The van der Waals surface area contributed by atoms with Crippen molar-refractivity contribution in [1.82, 2.24) is 10.3 Å². The Morgan fingerprint density at radius 1 is 1.17 bits per heavy atom. The van der Waals surface area contributed by atoms with Gasteiger partial charge >= 0.3 is 0 Å². The molecule has 0 saturated carbocycles. The summed E-state index contributed by atoms with van der Waals surface area (Å²) in [4.78, 5) is 7.22. The molecule has 2 saturated heterocycles. The number of aromatic nitrogens is 1. The normalized spacial score (nSPS) is 24.5. The quantitative estimate of drug-likeness (QED) is 0.868. The Hall–Kier alpha value is -1.09. The monoisotopic (exact) mass is 245 g/mol. The molecule has 3 rings (SSSR count). The maximum absolute atomic E-state index is 4.82. The Balaban J connectivity index is 1.79. The lowest BCUT2D eigenvalue weighted by atomic mass is 9.96. The van der Waals surface area contributed by atoms with Crippen LogP contribution in [0.4, 0.5) is 5.82 Å². The minimum absolute atomic E-state index is 0.527. The Kier molecular flexibility index (Phi) is 3.50. The van der Waals surface area contributed by atoms with Crippen LogP contribution in [-0.4, -0.2) is 24.6 Å². The Bertz CT molecular complexity index is 404. The second-order valence-electron chi connectivity index (χ2n) is 5.54. The van der Waals surface area contributed by atoms with Crippen LogP contribution in [0.25, 0.3) is 0 Å². The number of hydrogen-bond donors (Lipinski definition) is 1. The third-order valence-electron chi connectivity index (χ3n) is 4.23. The molecule has 0 aromatic carbocycles. The van der Waals surface area contributed by atoms with Crippen molar-refractivity contribution in [2.45, 2.75) is 45.1 Å². The van der Waals surface area contributed by atoms with Crippen molar-refractivity contribution in [1.29, 1.82) is 0 Å². The number of anilines is 1. The zero-order chi connectivity index (χ0) is 12.4. The van der Waals surface area contributed by atoms with Gasteiger partial charge in [0.25, 0.3) is 0 Å². The van der Waals surface area contributed by atoms with E-state index in [0.29, 0.717) is 6.04 Å².